The van der Waals surface area contributed by atoms with Gasteiger partial charge >= 0.3 is 0 Å². The molecule has 0 atom stereocenters. The highest BCUT2D eigenvalue weighted by Gasteiger charge is 2.12. The molecular formula is C14H22ClNO. The molecule has 0 radical (unpaired) electrons. The molecule has 0 aliphatic carbocycles. The maximum absolute atomic E-state index is 5.82. The molecule has 0 unspecified atom stereocenters. The predicted molar refractivity (Wildman–Crippen MR) is 73.9 cm³/mol. The van der Waals surface area contributed by atoms with Gasteiger partial charge in [-0.15, -0.1) is 0 Å². The Morgan fingerprint density at radius 3 is 2.06 bits per heavy atom. The molecule has 0 fully saturated rings. The lowest BCUT2D eigenvalue weighted by Crippen LogP contribution is -2.39. The molecule has 1 rings (SSSR count). The van der Waals surface area contributed by atoms with Crippen LogP contribution < -0.4 is 4.74 Å². The van der Waals surface area contributed by atoms with E-state index in [2.05, 4.69) is 32.6 Å². The largest absolute Gasteiger partial charge is 0.492 e. The van der Waals surface area contributed by atoms with Crippen molar-refractivity contribution in [1.82, 2.24) is 4.90 Å². The fourth-order valence-electron chi connectivity index (χ4n) is 1.91. The quantitative estimate of drug-likeness (QED) is 0.766. The van der Waals surface area contributed by atoms with Crippen molar-refractivity contribution in [3.05, 3.63) is 29.3 Å². The second-order valence-electron chi connectivity index (χ2n) is 4.73. The number of halogens is 1. The molecule has 3 heteroatoms. The SMILES string of the molecule is CC(C)N(CCOc1ccc(Cl)cc1)C(C)C. The number of hydrogen-bond acceptors (Lipinski definition) is 2. The third kappa shape index (κ3) is 4.97. The maximum atomic E-state index is 5.82. The summed E-state index contributed by atoms with van der Waals surface area (Å²) < 4.78 is 5.69. The number of nitrogens with zero attached hydrogens (tertiary/aromatic N) is 1. The molecule has 0 aromatic heterocycles. The molecule has 0 aliphatic rings. The minimum atomic E-state index is 0.545. The number of hydrogen-bond donors (Lipinski definition) is 0. The van der Waals surface area contributed by atoms with Crippen LogP contribution in [0.1, 0.15) is 27.7 Å². The van der Waals surface area contributed by atoms with Crippen LogP contribution in [-0.4, -0.2) is 30.1 Å². The van der Waals surface area contributed by atoms with Crippen molar-refractivity contribution in [3.63, 3.8) is 0 Å². The fraction of sp³-hybridized carbons (Fsp3) is 0.571. The lowest BCUT2D eigenvalue weighted by molar-refractivity contribution is 0.142. The summed E-state index contributed by atoms with van der Waals surface area (Å²) in [5.74, 6) is 0.877. The average molecular weight is 256 g/mol. The zero-order valence-electron chi connectivity index (χ0n) is 11.1. The lowest BCUT2D eigenvalue weighted by Gasteiger charge is -2.30. The molecular weight excluding hydrogens is 234 g/mol. The molecule has 0 saturated carbocycles. The van der Waals surface area contributed by atoms with Crippen LogP contribution in [-0.2, 0) is 0 Å². The van der Waals surface area contributed by atoms with Gasteiger partial charge in [0.1, 0.15) is 12.4 Å². The van der Waals surface area contributed by atoms with E-state index < -0.39 is 0 Å². The van der Waals surface area contributed by atoms with Crippen molar-refractivity contribution in [3.8, 4) is 5.75 Å². The minimum absolute atomic E-state index is 0.545. The average Bonchev–Trinajstić information content (AvgIpc) is 2.25. The third-order valence-corrected chi connectivity index (χ3v) is 3.01. The molecule has 1 aromatic rings. The van der Waals surface area contributed by atoms with Crippen LogP contribution >= 0.6 is 11.6 Å². The van der Waals surface area contributed by atoms with Crippen LogP contribution in [0.2, 0.25) is 5.02 Å². The third-order valence-electron chi connectivity index (χ3n) is 2.76. The predicted octanol–water partition coefficient (Wildman–Crippen LogP) is 3.84. The Labute approximate surface area is 110 Å². The Balaban J connectivity index is 2.38. The summed E-state index contributed by atoms with van der Waals surface area (Å²) in [4.78, 5) is 2.41. The molecule has 0 N–H and O–H groups in total. The van der Waals surface area contributed by atoms with Crippen LogP contribution in [0.15, 0.2) is 24.3 Å². The zero-order chi connectivity index (χ0) is 12.8. The summed E-state index contributed by atoms with van der Waals surface area (Å²) in [6, 6.07) is 8.58. The van der Waals surface area contributed by atoms with E-state index in [0.717, 1.165) is 17.3 Å². The Kier molecular flexibility index (Phi) is 5.79. The first kappa shape index (κ1) is 14.3. The van der Waals surface area contributed by atoms with Crippen molar-refractivity contribution in [2.24, 2.45) is 0 Å². The van der Waals surface area contributed by atoms with Crippen molar-refractivity contribution in [2.45, 2.75) is 39.8 Å². The molecule has 0 spiro atoms. The van der Waals surface area contributed by atoms with E-state index in [-0.39, 0.29) is 0 Å². The Hall–Kier alpha value is -0.730. The van der Waals surface area contributed by atoms with E-state index in [0.29, 0.717) is 18.7 Å². The molecule has 0 saturated heterocycles. The van der Waals surface area contributed by atoms with Gasteiger partial charge in [0.15, 0.2) is 0 Å². The monoisotopic (exact) mass is 255 g/mol. The summed E-state index contributed by atoms with van der Waals surface area (Å²) in [5.41, 5.74) is 0. The van der Waals surface area contributed by atoms with Gasteiger partial charge in [0.05, 0.1) is 0 Å². The maximum Gasteiger partial charge on any atom is 0.119 e. The van der Waals surface area contributed by atoms with Gasteiger partial charge in [-0.2, -0.15) is 0 Å². The standard InChI is InChI=1S/C14H22ClNO/c1-11(2)16(12(3)4)9-10-17-14-7-5-13(15)6-8-14/h5-8,11-12H,9-10H2,1-4H3. The number of ether oxygens (including phenoxy) is 1. The van der Waals surface area contributed by atoms with E-state index in [1.165, 1.54) is 0 Å². The van der Waals surface area contributed by atoms with E-state index in [9.17, 15) is 0 Å². The number of rotatable bonds is 6. The minimum Gasteiger partial charge on any atom is -0.492 e. The van der Waals surface area contributed by atoms with Crippen molar-refractivity contribution >= 4 is 11.6 Å². The summed E-state index contributed by atoms with van der Waals surface area (Å²) in [7, 11) is 0. The van der Waals surface area contributed by atoms with E-state index in [1.54, 1.807) is 0 Å². The first-order chi connectivity index (χ1) is 8.00. The highest BCUT2D eigenvalue weighted by molar-refractivity contribution is 6.30. The van der Waals surface area contributed by atoms with Crippen LogP contribution in [0.5, 0.6) is 5.75 Å². The van der Waals surface area contributed by atoms with Crippen molar-refractivity contribution < 1.29 is 4.74 Å². The van der Waals surface area contributed by atoms with Crippen LogP contribution in [0.25, 0.3) is 0 Å². The van der Waals surface area contributed by atoms with Crippen LogP contribution in [0.4, 0.5) is 0 Å². The molecule has 17 heavy (non-hydrogen) atoms. The van der Waals surface area contributed by atoms with Gasteiger partial charge in [0.2, 0.25) is 0 Å². The fourth-order valence-corrected chi connectivity index (χ4v) is 2.04. The summed E-state index contributed by atoms with van der Waals surface area (Å²) in [6.45, 7) is 10.5. The van der Waals surface area contributed by atoms with Crippen LogP contribution in [0, 0.1) is 0 Å². The molecule has 1 aromatic carbocycles. The molecule has 0 heterocycles. The molecule has 0 aliphatic heterocycles. The van der Waals surface area contributed by atoms with Gasteiger partial charge in [-0.25, -0.2) is 0 Å². The second kappa shape index (κ2) is 6.87. The molecule has 0 amide bonds. The summed E-state index contributed by atoms with van der Waals surface area (Å²) in [5, 5.41) is 0.739. The molecule has 96 valence electrons. The van der Waals surface area contributed by atoms with Crippen molar-refractivity contribution in [2.75, 3.05) is 13.2 Å². The first-order valence-corrected chi connectivity index (χ1v) is 6.52. The topological polar surface area (TPSA) is 12.5 Å². The normalized spacial score (nSPS) is 11.5. The summed E-state index contributed by atoms with van der Waals surface area (Å²) in [6.07, 6.45) is 0. The number of benzene rings is 1. The van der Waals surface area contributed by atoms with Gasteiger partial charge in [0.25, 0.3) is 0 Å². The van der Waals surface area contributed by atoms with Gasteiger partial charge in [0, 0.05) is 23.7 Å². The Morgan fingerprint density at radius 2 is 1.59 bits per heavy atom. The highest BCUT2D eigenvalue weighted by atomic mass is 35.5. The van der Waals surface area contributed by atoms with Crippen LogP contribution in [0.3, 0.4) is 0 Å². The molecule has 0 bridgehead atoms. The summed E-state index contributed by atoms with van der Waals surface area (Å²) >= 11 is 5.82. The lowest BCUT2D eigenvalue weighted by atomic mass is 10.2. The van der Waals surface area contributed by atoms with Gasteiger partial charge < -0.3 is 4.74 Å². The smallest absolute Gasteiger partial charge is 0.119 e. The molecule has 2 nitrogen and oxygen atoms in total. The van der Waals surface area contributed by atoms with E-state index in [1.807, 2.05) is 24.3 Å². The van der Waals surface area contributed by atoms with Crippen molar-refractivity contribution in [1.29, 1.82) is 0 Å². The first-order valence-electron chi connectivity index (χ1n) is 6.15. The van der Waals surface area contributed by atoms with Gasteiger partial charge in [-0.05, 0) is 52.0 Å². The van der Waals surface area contributed by atoms with E-state index in [4.69, 9.17) is 16.3 Å². The Bertz CT molecular complexity index is 313. The highest BCUT2D eigenvalue weighted by Crippen LogP contribution is 2.15. The van der Waals surface area contributed by atoms with Gasteiger partial charge in [-0.1, -0.05) is 11.6 Å². The zero-order valence-corrected chi connectivity index (χ0v) is 11.9. The second-order valence-corrected chi connectivity index (χ2v) is 5.16. The van der Waals surface area contributed by atoms with E-state index >= 15 is 0 Å². The van der Waals surface area contributed by atoms with Gasteiger partial charge in [-0.3, -0.25) is 4.90 Å². The Morgan fingerprint density at radius 1 is 1.06 bits per heavy atom.